The van der Waals surface area contributed by atoms with Gasteiger partial charge in [-0.05, 0) is 120 Å². The molecule has 0 bridgehead atoms. The molecule has 0 aromatic heterocycles. The molecular formula is C86H103B5Cl3F34N12O4-5. The van der Waals surface area contributed by atoms with Gasteiger partial charge in [0.25, 0.3) is 11.4 Å². The van der Waals surface area contributed by atoms with Crippen LogP contribution in [0.1, 0.15) is 226 Å². The van der Waals surface area contributed by atoms with Crippen molar-refractivity contribution in [3.63, 3.8) is 0 Å². The van der Waals surface area contributed by atoms with E-state index >= 15 is 0 Å². The number of anilines is 5. The Morgan fingerprint density at radius 1 is 0.292 bits per heavy atom. The summed E-state index contributed by atoms with van der Waals surface area (Å²) in [7, 11) is -18.3. The lowest BCUT2D eigenvalue weighted by molar-refractivity contribution is -0.394. The molecule has 0 amide bonds. The summed E-state index contributed by atoms with van der Waals surface area (Å²) in [5.41, 5.74) is -1.81. The predicted octanol–water partition coefficient (Wildman–Crippen LogP) is 15.7. The fourth-order valence-electron chi connectivity index (χ4n) is 17.8. The van der Waals surface area contributed by atoms with Gasteiger partial charge < -0.3 is 72.5 Å². The Kier molecular flexibility index (Phi) is 58.7. The fraction of sp³-hybridized carbons (Fsp3) is 0.535. The Morgan fingerprint density at radius 2 is 0.514 bits per heavy atom. The summed E-state index contributed by atoms with van der Waals surface area (Å²) < 4.78 is 333. The maximum atomic E-state index is 14.1. The van der Waals surface area contributed by atoms with Crippen molar-refractivity contribution in [3.05, 3.63) is 214 Å². The minimum atomic E-state index is -5.40. The largest absolute Gasteiger partial charge is 1.00 e. The molecule has 10 aliphatic rings. The average molecular weight is 2180 g/mol. The molecule has 5 aliphatic carbocycles. The third-order valence-corrected chi connectivity index (χ3v) is 24.7. The monoisotopic (exact) mass is 2170 g/mol. The number of halogens is 37. The molecule has 0 atom stereocenters. The molecule has 15 rings (SSSR count). The van der Waals surface area contributed by atoms with Crippen LogP contribution in [-0.2, 0) is 18.5 Å². The maximum absolute atomic E-state index is 14.1. The first-order valence-electron chi connectivity index (χ1n) is 44.5. The van der Waals surface area contributed by atoms with Crippen molar-refractivity contribution < 1.29 is 160 Å². The second kappa shape index (κ2) is 63.8. The van der Waals surface area contributed by atoms with Crippen LogP contribution in [0.3, 0.4) is 0 Å². The van der Waals surface area contributed by atoms with Gasteiger partial charge in [0.05, 0.1) is 93.1 Å². The van der Waals surface area contributed by atoms with Crippen LogP contribution in [0, 0.1) is 70.1 Å². The number of rotatable bonds is 12. The zero-order chi connectivity index (χ0) is 104. The van der Waals surface area contributed by atoms with Gasteiger partial charge in [0, 0.05) is 115 Å². The summed E-state index contributed by atoms with van der Waals surface area (Å²) in [6.07, 6.45) is 37.7. The van der Waals surface area contributed by atoms with E-state index in [0.717, 1.165) is 119 Å². The maximum Gasteiger partial charge on any atom is 0.762 e. The molecule has 810 valence electrons. The van der Waals surface area contributed by atoms with Gasteiger partial charge in [-0.2, -0.15) is 39.5 Å². The highest BCUT2D eigenvalue weighted by molar-refractivity contribution is 6.42. The molecule has 0 radical (unpaired) electrons. The van der Waals surface area contributed by atoms with Crippen LogP contribution in [0.4, 0.5) is 166 Å². The van der Waals surface area contributed by atoms with E-state index in [4.69, 9.17) is 34.8 Å². The molecule has 5 saturated carbocycles. The van der Waals surface area contributed by atoms with Crippen molar-refractivity contribution in [2.75, 3.05) is 57.8 Å². The summed E-state index contributed by atoms with van der Waals surface area (Å²) in [4.78, 5) is 39.5. The Hall–Kier alpha value is -9.59. The van der Waals surface area contributed by atoms with Crippen molar-refractivity contribution >= 4 is 112 Å². The summed E-state index contributed by atoms with van der Waals surface area (Å²) in [5.74, 6) is -9.53. The van der Waals surface area contributed by atoms with E-state index in [1.165, 1.54) is 162 Å². The quantitative estimate of drug-likeness (QED) is 0.0294. The molecule has 5 aromatic rings. The molecule has 5 fully saturated rings. The van der Waals surface area contributed by atoms with E-state index in [1.807, 2.05) is 23.5 Å². The summed E-state index contributed by atoms with van der Waals surface area (Å²) in [6, 6.07) is 13.3. The van der Waals surface area contributed by atoms with E-state index in [1.54, 1.807) is 28.1 Å². The lowest BCUT2D eigenvalue weighted by Gasteiger charge is -2.32. The number of nitro groups is 2. The average Bonchev–Trinajstić information content (AvgIpc) is 1.29. The van der Waals surface area contributed by atoms with Crippen LogP contribution in [0.15, 0.2) is 117 Å². The van der Waals surface area contributed by atoms with Crippen LogP contribution >= 0.6 is 34.8 Å². The summed E-state index contributed by atoms with van der Waals surface area (Å²) in [5, 5.41) is 23.7. The number of nitro benzene ring substituents is 2. The zero-order valence-electron chi connectivity index (χ0n) is 77.5. The normalized spacial score (nSPS) is 17.1. The smallest absolute Gasteiger partial charge is 0.762 e. The second-order valence-electron chi connectivity index (χ2n) is 33.6. The molecule has 0 saturated heterocycles. The number of alkyl halides is 9. The van der Waals surface area contributed by atoms with Gasteiger partial charge in [-0.1, -0.05) is 181 Å². The van der Waals surface area contributed by atoms with Crippen LogP contribution in [-0.4, -0.2) is 136 Å². The summed E-state index contributed by atoms with van der Waals surface area (Å²) in [6.45, 7) is 8.86. The molecule has 0 N–H and O–H groups in total. The van der Waals surface area contributed by atoms with E-state index in [-0.39, 0.29) is 72.5 Å². The number of hydrogen-bond acceptors (Lipinski definition) is 14. The van der Waals surface area contributed by atoms with Crippen LogP contribution in [0.25, 0.3) is 0 Å². The lowest BCUT2D eigenvalue weighted by Crippen LogP contribution is -3.00. The topological polar surface area (TPSA) is 119 Å². The van der Waals surface area contributed by atoms with Crippen molar-refractivity contribution in [1.29, 1.82) is 0 Å². The van der Waals surface area contributed by atoms with E-state index in [0.29, 0.717) is 44.4 Å². The molecule has 0 unspecified atom stereocenters. The Morgan fingerprint density at radius 3 is 0.771 bits per heavy atom. The number of aryl methyl sites for hydroxylation is 3. The Balaban J connectivity index is 0.000000854. The van der Waals surface area contributed by atoms with Gasteiger partial charge in [0.2, 0.25) is 5.82 Å². The SMILES string of the molecule is Cc1cc(C)c(N2C=CN(C3CCCCCCC3)C2)c(C)c1.Clc1cc(Cl)c(N2C=CN(C3CCCC3)C2)c(Cl)c1.FB(F)F.FB(F)F.FB(F)F.FB(F)F.FB(F)F.FC(F)(F)c1cc(C(F)(F)F)c(N2C=CN(C3CCCC3)C2)c(C(F)(F)F)c1.Fc1c(F)c(F)c(N2C=CN(C3CCCCCCCCCCC3)C2)c(F)c1F.O=[N+]([O-])c1cc(N2C=CN(C3CCCC3)C2)cc([N+](=O)[O-])c1.[F-].[F-].[F-].[F-].[F-]. The fourth-order valence-corrected chi connectivity index (χ4v) is 18.9. The molecular weight excluding hydrogens is 2070 g/mol. The molecule has 0 spiro atoms. The highest BCUT2D eigenvalue weighted by atomic mass is 35.5. The second-order valence-corrected chi connectivity index (χ2v) is 34.9. The predicted molar refractivity (Wildman–Crippen MR) is 484 cm³/mol. The molecule has 5 aliphatic heterocycles. The zero-order valence-corrected chi connectivity index (χ0v) is 79.7. The van der Waals surface area contributed by atoms with Gasteiger partial charge in [-0.15, -0.1) is 0 Å². The standard InChI is InChI=1S/C21H27F5N2.C20H30N2.C17H15F9N2.C14H15Cl3N2.C14H16N4O4.5BF3.5FH/c22-16-17(23)19(25)21(20(26)18(16)24)28-13-12-27(14-28)15-10-8-6-4-2-1-3-5-7-9-11-15;1-16-13-17(2)20(18(3)14-16)22-12-11-21(15-22)19-9-7-5-4-6-8-10-19;18-15(19,20)10-7-12(16(21,22)23)14(13(8-10)17(24,25)26)28-6-5-27(9-28)11-3-1-2-4-11;15-10-7-12(16)14(13(17)8-10)19-6-5-18(9-19)11-3-1-2-4-11;19-17(20)13-7-12(8-14(9-13)18(21)22)16-6-5-15(10-16)11-3-1-2-4-11;5*2-1(3)4;;;;;/h12-13,15H,1-11,14H2;11-14,19H,4-10,15H2,1-3H3;5-8,11H,1-4,9H2;5-8,11H,1-4,9H2;5-9,11H,1-4,10H2;;;;;;5*1H/p-5. The Bertz CT molecular complexity index is 4620. The van der Waals surface area contributed by atoms with Gasteiger partial charge in [0.15, 0.2) is 23.3 Å². The highest BCUT2D eigenvalue weighted by Crippen LogP contribution is 2.50. The molecule has 58 heteroatoms. The van der Waals surface area contributed by atoms with Gasteiger partial charge in [-0.3, -0.25) is 85.0 Å². The van der Waals surface area contributed by atoms with Gasteiger partial charge in [0.1, 0.15) is 5.69 Å². The minimum absolute atomic E-state index is 0. The summed E-state index contributed by atoms with van der Waals surface area (Å²) >= 11 is 18.5. The molecule has 5 aromatic carbocycles. The number of non-ortho nitro benzene ring substituents is 2. The van der Waals surface area contributed by atoms with Crippen molar-refractivity contribution in [2.45, 2.75) is 262 Å². The Labute approximate surface area is 827 Å². The van der Waals surface area contributed by atoms with Gasteiger partial charge >= 0.3 is 56.2 Å². The third kappa shape index (κ3) is 43.1. The first-order chi connectivity index (χ1) is 65.3. The van der Waals surface area contributed by atoms with Crippen molar-refractivity contribution in [1.82, 2.24) is 24.5 Å². The minimum Gasteiger partial charge on any atom is -1.00 e. The van der Waals surface area contributed by atoms with Crippen LogP contribution in [0.2, 0.25) is 15.1 Å². The number of benzene rings is 5. The van der Waals surface area contributed by atoms with E-state index < -0.39 is 123 Å². The third-order valence-electron chi connectivity index (χ3n) is 23.9. The molecule has 144 heavy (non-hydrogen) atoms. The van der Waals surface area contributed by atoms with Crippen molar-refractivity contribution in [3.8, 4) is 0 Å². The molecule has 16 nitrogen and oxygen atoms in total. The van der Waals surface area contributed by atoms with Gasteiger partial charge in [-0.25, -0.2) is 22.0 Å². The van der Waals surface area contributed by atoms with Crippen LogP contribution in [0.5, 0.6) is 0 Å². The van der Waals surface area contributed by atoms with E-state index in [9.17, 15) is 146 Å². The number of hydrogen-bond donors (Lipinski definition) is 0. The number of nitrogens with zero attached hydrogens (tertiary/aromatic N) is 12. The first-order valence-corrected chi connectivity index (χ1v) is 45.6. The van der Waals surface area contributed by atoms with E-state index in [2.05, 4.69) is 76.0 Å². The van der Waals surface area contributed by atoms with Crippen LogP contribution < -0.4 is 48.0 Å². The highest BCUT2D eigenvalue weighted by Gasteiger charge is 2.47. The van der Waals surface area contributed by atoms with Crippen molar-refractivity contribution in [2.24, 2.45) is 0 Å². The molecule has 5 heterocycles. The lowest BCUT2D eigenvalue weighted by atomic mass is 9.96. The first kappa shape index (κ1) is 132.